The first-order valence-electron chi connectivity index (χ1n) is 7.92. The second-order valence-corrected chi connectivity index (χ2v) is 6.86. The van der Waals surface area contributed by atoms with Crippen LogP contribution in [0.3, 0.4) is 0 Å². The Bertz CT molecular complexity index is 763. The minimum atomic E-state index is -0.243. The summed E-state index contributed by atoms with van der Waals surface area (Å²) in [5, 5.41) is 2.83. The lowest BCUT2D eigenvalue weighted by molar-refractivity contribution is -0.118. The molecule has 25 heavy (non-hydrogen) atoms. The Hall–Kier alpha value is -2.27. The van der Waals surface area contributed by atoms with Gasteiger partial charge in [-0.25, -0.2) is 0 Å². The summed E-state index contributed by atoms with van der Waals surface area (Å²) in [5.74, 6) is 1.09. The van der Waals surface area contributed by atoms with Crippen LogP contribution in [0.25, 0.3) is 0 Å². The number of carbonyl (C=O) groups excluding carboxylic acids is 1. The zero-order valence-corrected chi connectivity index (χ0v) is 16.3. The van der Waals surface area contributed by atoms with Crippen molar-refractivity contribution in [3.8, 4) is 11.5 Å². The van der Waals surface area contributed by atoms with Crippen molar-refractivity contribution in [2.24, 2.45) is 0 Å². The molecule has 0 spiro atoms. The maximum atomic E-state index is 12.2. The highest BCUT2D eigenvalue weighted by Gasteiger charge is 2.11. The molecule has 0 aliphatic heterocycles. The highest BCUT2D eigenvalue weighted by Crippen LogP contribution is 2.28. The highest BCUT2D eigenvalue weighted by atomic mass is 79.9. The zero-order valence-electron chi connectivity index (χ0n) is 14.7. The van der Waals surface area contributed by atoms with Crippen LogP contribution in [0.1, 0.15) is 18.1 Å². The fourth-order valence-corrected chi connectivity index (χ4v) is 3.03. The molecule has 0 atom stereocenters. The third-order valence-corrected chi connectivity index (χ3v) is 3.87. The van der Waals surface area contributed by atoms with E-state index >= 15 is 0 Å². The molecule has 1 amide bonds. The lowest BCUT2D eigenvalue weighted by atomic mass is 10.1. The molecule has 0 aromatic heterocycles. The van der Waals surface area contributed by atoms with Gasteiger partial charge in [-0.1, -0.05) is 34.6 Å². The summed E-state index contributed by atoms with van der Waals surface area (Å²) in [4.78, 5) is 12.2. The molecule has 0 aliphatic rings. The van der Waals surface area contributed by atoms with Crippen molar-refractivity contribution in [3.05, 3.63) is 64.1 Å². The highest BCUT2D eigenvalue weighted by molar-refractivity contribution is 9.10. The standard InChI is InChI=1S/C20H22BrNO3/c1-13(2)11-24-18-8-6-5-7-17(18)22-19(23)12-25-20-14(3)9-16(21)10-15(20)4/h5-10H,1,11-12H2,2-4H3,(H,22,23). The summed E-state index contributed by atoms with van der Waals surface area (Å²) in [5.41, 5.74) is 3.47. The van der Waals surface area contributed by atoms with Gasteiger partial charge in [-0.05, 0) is 61.7 Å². The number of hydrogen-bond acceptors (Lipinski definition) is 3. The quantitative estimate of drug-likeness (QED) is 0.658. The average molecular weight is 404 g/mol. The molecule has 0 saturated heterocycles. The molecule has 4 nitrogen and oxygen atoms in total. The topological polar surface area (TPSA) is 47.6 Å². The minimum Gasteiger partial charge on any atom is -0.487 e. The summed E-state index contributed by atoms with van der Waals surface area (Å²) in [7, 11) is 0. The number of nitrogens with one attached hydrogen (secondary N) is 1. The molecule has 2 aromatic carbocycles. The smallest absolute Gasteiger partial charge is 0.262 e. The monoisotopic (exact) mass is 403 g/mol. The number of amides is 1. The summed E-state index contributed by atoms with van der Waals surface area (Å²) < 4.78 is 12.3. The molecule has 0 unspecified atom stereocenters. The number of halogens is 1. The van der Waals surface area contributed by atoms with Gasteiger partial charge < -0.3 is 14.8 Å². The van der Waals surface area contributed by atoms with E-state index in [1.807, 2.05) is 51.1 Å². The largest absolute Gasteiger partial charge is 0.487 e. The summed E-state index contributed by atoms with van der Waals surface area (Å²) in [6, 6.07) is 11.2. The SMILES string of the molecule is C=C(C)COc1ccccc1NC(=O)COc1c(C)cc(Br)cc1C. The van der Waals surface area contributed by atoms with Gasteiger partial charge in [0.25, 0.3) is 5.91 Å². The molecule has 0 fully saturated rings. The third-order valence-electron chi connectivity index (χ3n) is 3.41. The van der Waals surface area contributed by atoms with Crippen LogP contribution < -0.4 is 14.8 Å². The lowest BCUT2D eigenvalue weighted by Crippen LogP contribution is -2.21. The molecule has 132 valence electrons. The second kappa shape index (κ2) is 8.72. The Kier molecular flexibility index (Phi) is 6.65. The van der Waals surface area contributed by atoms with Crippen LogP contribution >= 0.6 is 15.9 Å². The number of anilines is 1. The van der Waals surface area contributed by atoms with Gasteiger partial charge >= 0.3 is 0 Å². The number of ether oxygens (including phenoxy) is 2. The maximum Gasteiger partial charge on any atom is 0.262 e. The van der Waals surface area contributed by atoms with Crippen molar-refractivity contribution >= 4 is 27.5 Å². The fraction of sp³-hybridized carbons (Fsp3) is 0.250. The van der Waals surface area contributed by atoms with Crippen LogP contribution in [-0.2, 0) is 4.79 Å². The summed E-state index contributed by atoms with van der Waals surface area (Å²) >= 11 is 3.45. The normalized spacial score (nSPS) is 10.2. The predicted octanol–water partition coefficient (Wildman–Crippen LogP) is 5.04. The van der Waals surface area contributed by atoms with Crippen LogP contribution in [-0.4, -0.2) is 19.1 Å². The van der Waals surface area contributed by atoms with Crippen LogP contribution in [0.4, 0.5) is 5.69 Å². The van der Waals surface area contributed by atoms with Crippen LogP contribution in [0.15, 0.2) is 53.0 Å². The van der Waals surface area contributed by atoms with Gasteiger partial charge in [0.1, 0.15) is 18.1 Å². The van der Waals surface area contributed by atoms with E-state index in [-0.39, 0.29) is 12.5 Å². The molecule has 0 radical (unpaired) electrons. The van der Waals surface area contributed by atoms with Gasteiger partial charge in [0.2, 0.25) is 0 Å². The minimum absolute atomic E-state index is 0.0713. The Morgan fingerprint density at radius 1 is 1.12 bits per heavy atom. The Morgan fingerprint density at radius 3 is 2.40 bits per heavy atom. The molecule has 0 bridgehead atoms. The van der Waals surface area contributed by atoms with E-state index < -0.39 is 0 Å². The van der Waals surface area contributed by atoms with Crippen LogP contribution in [0, 0.1) is 13.8 Å². The second-order valence-electron chi connectivity index (χ2n) is 5.95. The van der Waals surface area contributed by atoms with Gasteiger partial charge in [0.15, 0.2) is 6.61 Å². The number of para-hydroxylation sites is 2. The first-order chi connectivity index (χ1) is 11.9. The van der Waals surface area contributed by atoms with E-state index in [9.17, 15) is 4.79 Å². The van der Waals surface area contributed by atoms with Gasteiger partial charge in [-0.15, -0.1) is 0 Å². The molecule has 5 heteroatoms. The number of benzene rings is 2. The van der Waals surface area contributed by atoms with E-state index in [1.54, 1.807) is 6.07 Å². The van der Waals surface area contributed by atoms with E-state index in [0.29, 0.717) is 18.0 Å². The molecule has 1 N–H and O–H groups in total. The molecule has 0 heterocycles. The van der Waals surface area contributed by atoms with E-state index in [0.717, 1.165) is 26.9 Å². The third kappa shape index (κ3) is 5.64. The van der Waals surface area contributed by atoms with E-state index in [2.05, 4.69) is 27.8 Å². The molecule has 2 aromatic rings. The Labute approximate surface area is 157 Å². The number of aryl methyl sites for hydroxylation is 2. The summed E-state index contributed by atoms with van der Waals surface area (Å²) in [6.07, 6.45) is 0. The molecular weight excluding hydrogens is 382 g/mol. The number of hydrogen-bond donors (Lipinski definition) is 1. The van der Waals surface area contributed by atoms with Crippen molar-refractivity contribution in [2.75, 3.05) is 18.5 Å². The molecular formula is C20H22BrNO3. The lowest BCUT2D eigenvalue weighted by Gasteiger charge is -2.14. The van der Waals surface area contributed by atoms with Crippen molar-refractivity contribution in [1.82, 2.24) is 0 Å². The van der Waals surface area contributed by atoms with Gasteiger partial charge in [0.05, 0.1) is 5.69 Å². The Morgan fingerprint density at radius 2 is 1.76 bits per heavy atom. The molecule has 0 saturated carbocycles. The van der Waals surface area contributed by atoms with E-state index in [4.69, 9.17) is 9.47 Å². The average Bonchev–Trinajstić information content (AvgIpc) is 2.53. The van der Waals surface area contributed by atoms with Crippen molar-refractivity contribution in [3.63, 3.8) is 0 Å². The Balaban J connectivity index is 2.00. The van der Waals surface area contributed by atoms with Crippen molar-refractivity contribution < 1.29 is 14.3 Å². The summed E-state index contributed by atoms with van der Waals surface area (Å²) in [6.45, 7) is 9.93. The van der Waals surface area contributed by atoms with E-state index in [1.165, 1.54) is 0 Å². The molecule has 0 aliphatic carbocycles. The number of carbonyl (C=O) groups is 1. The fourth-order valence-electron chi connectivity index (χ4n) is 2.35. The first-order valence-corrected chi connectivity index (χ1v) is 8.71. The zero-order chi connectivity index (χ0) is 18.4. The predicted molar refractivity (Wildman–Crippen MR) is 104 cm³/mol. The maximum absolute atomic E-state index is 12.2. The van der Waals surface area contributed by atoms with Crippen molar-refractivity contribution in [2.45, 2.75) is 20.8 Å². The van der Waals surface area contributed by atoms with Gasteiger partial charge in [0, 0.05) is 4.47 Å². The first kappa shape index (κ1) is 19.1. The molecule has 2 rings (SSSR count). The van der Waals surface area contributed by atoms with Crippen molar-refractivity contribution in [1.29, 1.82) is 0 Å². The van der Waals surface area contributed by atoms with Gasteiger partial charge in [-0.2, -0.15) is 0 Å². The van der Waals surface area contributed by atoms with Crippen LogP contribution in [0.2, 0.25) is 0 Å². The van der Waals surface area contributed by atoms with Gasteiger partial charge in [-0.3, -0.25) is 4.79 Å². The van der Waals surface area contributed by atoms with Crippen LogP contribution in [0.5, 0.6) is 11.5 Å². The number of rotatable bonds is 7.